The molecular formula is C16H21N3O2. The molecule has 1 aromatic carbocycles. The number of ether oxygens (including phenoxy) is 2. The molecule has 5 heteroatoms. The van der Waals surface area contributed by atoms with Crippen molar-refractivity contribution in [1.29, 1.82) is 0 Å². The molecule has 0 bridgehead atoms. The van der Waals surface area contributed by atoms with Crippen molar-refractivity contribution < 1.29 is 9.47 Å². The third-order valence-corrected chi connectivity index (χ3v) is 3.36. The second-order valence-corrected chi connectivity index (χ2v) is 4.86. The quantitative estimate of drug-likeness (QED) is 0.652. The topological polar surface area (TPSA) is 69.4 Å². The molecule has 0 aliphatic carbocycles. The Hall–Kier alpha value is -2.11. The van der Waals surface area contributed by atoms with Crippen molar-refractivity contribution in [3.63, 3.8) is 0 Å². The summed E-state index contributed by atoms with van der Waals surface area (Å²) in [5, 5.41) is 0. The first-order chi connectivity index (χ1) is 10.1. The first-order valence-corrected chi connectivity index (χ1v) is 6.73. The molecule has 21 heavy (non-hydrogen) atoms. The minimum atomic E-state index is -0.239. The molecule has 1 unspecified atom stereocenters. The Labute approximate surface area is 125 Å². The maximum Gasteiger partial charge on any atom is 0.127 e. The van der Waals surface area contributed by atoms with E-state index in [0.717, 1.165) is 34.0 Å². The molecule has 0 aliphatic rings. The van der Waals surface area contributed by atoms with E-state index >= 15 is 0 Å². The number of benzene rings is 1. The summed E-state index contributed by atoms with van der Waals surface area (Å²) in [7, 11) is 3.27. The summed E-state index contributed by atoms with van der Waals surface area (Å²) in [6, 6.07) is 9.44. The number of hydrogen-bond acceptors (Lipinski definition) is 5. The zero-order chi connectivity index (χ0) is 15.4. The van der Waals surface area contributed by atoms with Crippen LogP contribution in [0.2, 0.25) is 0 Å². The predicted octanol–water partition coefficient (Wildman–Crippen LogP) is 2.27. The van der Waals surface area contributed by atoms with Crippen molar-refractivity contribution in [2.24, 2.45) is 5.84 Å². The summed E-state index contributed by atoms with van der Waals surface area (Å²) < 4.78 is 10.9. The Bertz CT molecular complexity index is 586. The normalized spacial score (nSPS) is 12.0. The number of nitrogens with zero attached hydrogens (tertiary/aromatic N) is 1. The van der Waals surface area contributed by atoms with Gasteiger partial charge < -0.3 is 9.47 Å². The minimum absolute atomic E-state index is 0.239. The summed E-state index contributed by atoms with van der Waals surface area (Å²) in [6.07, 6.45) is 0. The largest absolute Gasteiger partial charge is 0.496 e. The van der Waals surface area contributed by atoms with Crippen LogP contribution in [0.3, 0.4) is 0 Å². The fraction of sp³-hybridized carbons (Fsp3) is 0.312. The number of aromatic nitrogens is 1. The van der Waals surface area contributed by atoms with Gasteiger partial charge >= 0.3 is 0 Å². The minimum Gasteiger partial charge on any atom is -0.496 e. The number of pyridine rings is 1. The highest BCUT2D eigenvalue weighted by molar-refractivity contribution is 5.50. The van der Waals surface area contributed by atoms with Crippen LogP contribution in [0, 0.1) is 13.8 Å². The van der Waals surface area contributed by atoms with Crippen molar-refractivity contribution in [2.75, 3.05) is 14.2 Å². The first kappa shape index (κ1) is 15.3. The van der Waals surface area contributed by atoms with Gasteiger partial charge in [0.1, 0.15) is 11.5 Å². The fourth-order valence-corrected chi connectivity index (χ4v) is 2.54. The van der Waals surface area contributed by atoms with Gasteiger partial charge in [-0.05, 0) is 43.7 Å². The summed E-state index contributed by atoms with van der Waals surface area (Å²) in [4.78, 5) is 4.40. The van der Waals surface area contributed by atoms with E-state index < -0.39 is 0 Å². The number of nitrogens with two attached hydrogens (primary N) is 1. The Morgan fingerprint density at radius 3 is 2.00 bits per heavy atom. The molecular weight excluding hydrogens is 266 g/mol. The summed E-state index contributed by atoms with van der Waals surface area (Å²) >= 11 is 0. The Morgan fingerprint density at radius 1 is 1.05 bits per heavy atom. The maximum atomic E-state index is 5.80. The SMILES string of the molecule is COc1cccc(OC)c1C(NN)c1cc(C)nc(C)c1. The molecule has 3 N–H and O–H groups in total. The fourth-order valence-electron chi connectivity index (χ4n) is 2.54. The average Bonchev–Trinajstić information content (AvgIpc) is 2.47. The molecule has 0 saturated carbocycles. The van der Waals surface area contributed by atoms with Gasteiger partial charge in [0.05, 0.1) is 25.8 Å². The number of hydrazine groups is 1. The van der Waals surface area contributed by atoms with Crippen LogP contribution < -0.4 is 20.7 Å². The van der Waals surface area contributed by atoms with Gasteiger partial charge in [0.2, 0.25) is 0 Å². The number of hydrogen-bond donors (Lipinski definition) is 2. The molecule has 0 aliphatic heterocycles. The molecule has 1 atom stereocenters. The summed E-state index contributed by atoms with van der Waals surface area (Å²) in [5.41, 5.74) is 6.63. The highest BCUT2D eigenvalue weighted by Gasteiger charge is 2.22. The third kappa shape index (κ3) is 3.15. The highest BCUT2D eigenvalue weighted by Crippen LogP contribution is 2.37. The van der Waals surface area contributed by atoms with Crippen molar-refractivity contribution in [1.82, 2.24) is 10.4 Å². The van der Waals surface area contributed by atoms with Gasteiger partial charge in [-0.2, -0.15) is 0 Å². The van der Waals surface area contributed by atoms with E-state index in [1.807, 2.05) is 44.2 Å². The van der Waals surface area contributed by atoms with Crippen molar-refractivity contribution >= 4 is 0 Å². The molecule has 112 valence electrons. The standard InChI is InChI=1S/C16H21N3O2/c1-10-8-12(9-11(2)18-10)16(19-17)15-13(20-3)6-5-7-14(15)21-4/h5-9,16,19H,17H2,1-4H3. The number of aryl methyl sites for hydroxylation is 2. The molecule has 0 saturated heterocycles. The van der Waals surface area contributed by atoms with Crippen molar-refractivity contribution in [2.45, 2.75) is 19.9 Å². The Morgan fingerprint density at radius 2 is 1.57 bits per heavy atom. The van der Waals surface area contributed by atoms with Crippen LogP contribution in [0.1, 0.15) is 28.6 Å². The van der Waals surface area contributed by atoms with Gasteiger partial charge in [0, 0.05) is 11.4 Å². The summed E-state index contributed by atoms with van der Waals surface area (Å²) in [5.74, 6) is 7.26. The van der Waals surface area contributed by atoms with Crippen molar-refractivity contribution in [3.05, 3.63) is 52.8 Å². The zero-order valence-corrected chi connectivity index (χ0v) is 12.8. The average molecular weight is 287 g/mol. The molecule has 0 amide bonds. The molecule has 0 spiro atoms. The summed E-state index contributed by atoms with van der Waals surface area (Å²) in [6.45, 7) is 3.92. The van der Waals surface area contributed by atoms with Gasteiger partial charge in [0.15, 0.2) is 0 Å². The van der Waals surface area contributed by atoms with Gasteiger partial charge in [-0.25, -0.2) is 5.43 Å². The van der Waals surface area contributed by atoms with Gasteiger partial charge in [-0.3, -0.25) is 10.8 Å². The lowest BCUT2D eigenvalue weighted by molar-refractivity contribution is 0.377. The lowest BCUT2D eigenvalue weighted by atomic mass is 9.97. The maximum absolute atomic E-state index is 5.80. The number of methoxy groups -OCH3 is 2. The van der Waals surface area contributed by atoms with E-state index in [4.69, 9.17) is 15.3 Å². The molecule has 2 aromatic rings. The first-order valence-electron chi connectivity index (χ1n) is 6.73. The predicted molar refractivity (Wildman–Crippen MR) is 82.4 cm³/mol. The molecule has 2 rings (SSSR count). The molecule has 1 heterocycles. The van der Waals surface area contributed by atoms with Gasteiger partial charge in [0.25, 0.3) is 0 Å². The highest BCUT2D eigenvalue weighted by atomic mass is 16.5. The third-order valence-electron chi connectivity index (χ3n) is 3.36. The van der Waals surface area contributed by atoms with Crippen LogP contribution in [0.25, 0.3) is 0 Å². The van der Waals surface area contributed by atoms with E-state index in [9.17, 15) is 0 Å². The lowest BCUT2D eigenvalue weighted by Gasteiger charge is -2.22. The van der Waals surface area contributed by atoms with E-state index in [2.05, 4.69) is 10.4 Å². The second kappa shape index (κ2) is 6.56. The smallest absolute Gasteiger partial charge is 0.127 e. The van der Waals surface area contributed by atoms with E-state index in [1.165, 1.54) is 0 Å². The lowest BCUT2D eigenvalue weighted by Crippen LogP contribution is -2.29. The monoisotopic (exact) mass is 287 g/mol. The number of nitrogens with one attached hydrogen (secondary N) is 1. The van der Waals surface area contributed by atoms with Gasteiger partial charge in [-0.15, -0.1) is 0 Å². The van der Waals surface area contributed by atoms with Crippen molar-refractivity contribution in [3.8, 4) is 11.5 Å². The van der Waals surface area contributed by atoms with Crippen LogP contribution in [-0.2, 0) is 0 Å². The van der Waals surface area contributed by atoms with E-state index in [0.29, 0.717) is 0 Å². The van der Waals surface area contributed by atoms with Gasteiger partial charge in [-0.1, -0.05) is 6.07 Å². The molecule has 0 radical (unpaired) electrons. The Kier molecular flexibility index (Phi) is 4.77. The molecule has 1 aromatic heterocycles. The van der Waals surface area contributed by atoms with Crippen LogP contribution in [0.15, 0.2) is 30.3 Å². The molecule has 5 nitrogen and oxygen atoms in total. The van der Waals surface area contributed by atoms with Crippen LogP contribution in [-0.4, -0.2) is 19.2 Å². The van der Waals surface area contributed by atoms with Crippen LogP contribution in [0.5, 0.6) is 11.5 Å². The zero-order valence-electron chi connectivity index (χ0n) is 12.8. The Balaban J connectivity index is 2.60. The van der Waals surface area contributed by atoms with E-state index in [-0.39, 0.29) is 6.04 Å². The van der Waals surface area contributed by atoms with E-state index in [1.54, 1.807) is 14.2 Å². The number of rotatable bonds is 5. The van der Waals surface area contributed by atoms with Crippen LogP contribution in [0.4, 0.5) is 0 Å². The molecule has 0 fully saturated rings. The van der Waals surface area contributed by atoms with Crippen LogP contribution >= 0.6 is 0 Å². The second-order valence-electron chi connectivity index (χ2n) is 4.86.